The number of hydrogen-bond donors (Lipinski definition) is 1. The van der Waals surface area contributed by atoms with Crippen LogP contribution < -0.4 is 10.1 Å². The van der Waals surface area contributed by atoms with Gasteiger partial charge in [0.05, 0.1) is 11.1 Å². The second-order valence-corrected chi connectivity index (χ2v) is 10.9. The number of likely N-dealkylation sites (tertiary alicyclic amines) is 1. The predicted octanol–water partition coefficient (Wildman–Crippen LogP) is 4.32. The van der Waals surface area contributed by atoms with Gasteiger partial charge >= 0.3 is 6.18 Å². The molecule has 2 amide bonds. The van der Waals surface area contributed by atoms with Gasteiger partial charge in [0, 0.05) is 22.1 Å². The molecule has 3 fully saturated rings. The molecule has 0 aromatic heterocycles. The molecule has 2 atom stereocenters. The molecule has 0 unspecified atom stereocenters. The van der Waals surface area contributed by atoms with Gasteiger partial charge in [-0.15, -0.1) is 11.8 Å². The number of nitrogens with one attached hydrogen (secondary N) is 1. The summed E-state index contributed by atoms with van der Waals surface area (Å²) in [5.74, 6) is -0.374. The lowest BCUT2D eigenvalue weighted by molar-refractivity contribution is -0.153. The van der Waals surface area contributed by atoms with Gasteiger partial charge in [0.25, 0.3) is 0 Å². The van der Waals surface area contributed by atoms with Crippen LogP contribution in [0, 0.1) is 16.7 Å². The number of benzene rings is 1. The van der Waals surface area contributed by atoms with Crippen LogP contribution in [0.25, 0.3) is 0 Å². The molecule has 4 rings (SSSR count). The molecule has 1 aliphatic heterocycles. The van der Waals surface area contributed by atoms with E-state index < -0.39 is 29.8 Å². The Balaban J connectivity index is 1.45. The summed E-state index contributed by atoms with van der Waals surface area (Å²) in [6.07, 6.45) is -1.29. The molecule has 2 aliphatic carbocycles. The first kappa shape index (κ1) is 24.0. The van der Waals surface area contributed by atoms with Crippen LogP contribution in [0.5, 0.6) is 5.75 Å². The van der Waals surface area contributed by atoms with E-state index >= 15 is 0 Å². The molecular weight excluding hydrogens is 479 g/mol. The second-order valence-electron chi connectivity index (χ2n) is 9.19. The van der Waals surface area contributed by atoms with E-state index in [0.717, 1.165) is 12.8 Å². The van der Waals surface area contributed by atoms with E-state index in [2.05, 4.69) is 11.4 Å². The Hall–Kier alpha value is -2.12. The number of ether oxygens (including phenoxy) is 1. The van der Waals surface area contributed by atoms with Crippen molar-refractivity contribution in [1.29, 1.82) is 5.26 Å². The number of carbonyl (C=O) groups excluding carboxylic acids is 2. The van der Waals surface area contributed by atoms with Crippen LogP contribution in [-0.4, -0.2) is 52.9 Å². The fraction of sp³-hybridized carbons (Fsp3) is 0.591. The van der Waals surface area contributed by atoms with Gasteiger partial charge in [-0.05, 0) is 50.3 Å². The van der Waals surface area contributed by atoms with Crippen molar-refractivity contribution in [2.75, 3.05) is 13.2 Å². The highest BCUT2D eigenvalue weighted by Crippen LogP contribution is 2.49. The summed E-state index contributed by atoms with van der Waals surface area (Å²) in [4.78, 5) is 28.3. The van der Waals surface area contributed by atoms with Crippen LogP contribution in [0.2, 0.25) is 5.02 Å². The van der Waals surface area contributed by atoms with Crippen molar-refractivity contribution >= 4 is 35.2 Å². The van der Waals surface area contributed by atoms with Gasteiger partial charge in [0.2, 0.25) is 11.8 Å². The van der Waals surface area contributed by atoms with E-state index in [0.29, 0.717) is 30.7 Å². The Morgan fingerprint density at radius 3 is 2.58 bits per heavy atom. The van der Waals surface area contributed by atoms with Crippen LogP contribution in [0.1, 0.15) is 39.0 Å². The first-order chi connectivity index (χ1) is 15.4. The van der Waals surface area contributed by atoms with Crippen LogP contribution in [0.4, 0.5) is 13.2 Å². The molecule has 1 saturated heterocycles. The largest absolute Gasteiger partial charge is 0.484 e. The minimum absolute atomic E-state index is 0.00930. The van der Waals surface area contributed by atoms with Crippen LogP contribution in [-0.2, 0) is 9.59 Å². The lowest BCUT2D eigenvalue weighted by Gasteiger charge is -2.27. The summed E-state index contributed by atoms with van der Waals surface area (Å²) in [7, 11) is 0. The average molecular weight is 502 g/mol. The van der Waals surface area contributed by atoms with Gasteiger partial charge in [-0.2, -0.15) is 18.4 Å². The van der Waals surface area contributed by atoms with Crippen molar-refractivity contribution in [1.82, 2.24) is 10.2 Å². The average Bonchev–Trinajstić information content (AvgIpc) is 3.65. The number of carbonyl (C=O) groups is 2. The molecule has 0 radical (unpaired) electrons. The van der Waals surface area contributed by atoms with Gasteiger partial charge in [-0.3, -0.25) is 9.59 Å². The standard InChI is InChI=1S/C22H23ClF3N3O3S/c1-20(4-5-20)19(31)29-10-14(9-16(29)18(30)28-21(11-27)6-7-21)33-17-3-2-13(8-15(17)23)32-12-22(24,25)26/h2-3,8,14,16H,4-7,9-10,12H2,1H3,(H,28,30)/t14-,16+/m1/s1. The Morgan fingerprint density at radius 2 is 2.03 bits per heavy atom. The molecule has 6 nitrogen and oxygen atoms in total. The third-order valence-corrected chi connectivity index (χ3v) is 7.98. The minimum Gasteiger partial charge on any atom is -0.484 e. The van der Waals surface area contributed by atoms with Crippen molar-refractivity contribution in [2.24, 2.45) is 5.41 Å². The zero-order valence-electron chi connectivity index (χ0n) is 17.9. The third-order valence-electron chi connectivity index (χ3n) is 6.27. The Labute approximate surface area is 198 Å². The van der Waals surface area contributed by atoms with Gasteiger partial charge in [-0.1, -0.05) is 18.5 Å². The molecule has 11 heteroatoms. The molecular formula is C22H23ClF3N3O3S. The maximum absolute atomic E-state index is 13.1. The SMILES string of the molecule is CC1(C(=O)N2C[C@H](Sc3ccc(OCC(F)(F)F)cc3Cl)C[C@H]2C(=O)NC2(C#N)CC2)CC1. The normalized spacial score (nSPS) is 24.7. The summed E-state index contributed by atoms with van der Waals surface area (Å²) >= 11 is 7.65. The quantitative estimate of drug-likeness (QED) is 0.602. The number of hydrogen-bond acceptors (Lipinski definition) is 5. The number of rotatable bonds is 7. The molecule has 0 spiro atoms. The molecule has 33 heavy (non-hydrogen) atoms. The number of halogens is 4. The number of amides is 2. The number of thioether (sulfide) groups is 1. The summed E-state index contributed by atoms with van der Waals surface area (Å²) in [5, 5.41) is 12.2. The van der Waals surface area contributed by atoms with E-state index in [1.807, 2.05) is 6.92 Å². The van der Waals surface area contributed by atoms with Crippen molar-refractivity contribution in [3.63, 3.8) is 0 Å². The number of nitrogens with zero attached hydrogens (tertiary/aromatic N) is 2. The maximum Gasteiger partial charge on any atom is 0.422 e. The minimum atomic E-state index is -4.45. The Bertz CT molecular complexity index is 1000. The van der Waals surface area contributed by atoms with Gasteiger partial charge in [0.1, 0.15) is 17.3 Å². The van der Waals surface area contributed by atoms with E-state index in [-0.39, 0.29) is 27.8 Å². The van der Waals surface area contributed by atoms with Gasteiger partial charge in [-0.25, -0.2) is 0 Å². The number of nitriles is 1. The fourth-order valence-electron chi connectivity index (χ4n) is 3.82. The molecule has 1 heterocycles. The van der Waals surface area contributed by atoms with Crippen LogP contribution >= 0.6 is 23.4 Å². The Morgan fingerprint density at radius 1 is 1.33 bits per heavy atom. The van der Waals surface area contributed by atoms with Crippen LogP contribution in [0.15, 0.2) is 23.1 Å². The summed E-state index contributed by atoms with van der Waals surface area (Å²) in [6, 6.07) is 5.78. The van der Waals surface area contributed by atoms with Crippen molar-refractivity contribution in [3.05, 3.63) is 23.2 Å². The number of alkyl halides is 3. The van der Waals surface area contributed by atoms with E-state index in [9.17, 15) is 28.0 Å². The molecule has 0 bridgehead atoms. The first-order valence-corrected chi connectivity index (χ1v) is 11.9. The molecule has 2 saturated carbocycles. The highest BCUT2D eigenvalue weighted by Gasteiger charge is 2.53. The van der Waals surface area contributed by atoms with Crippen molar-refractivity contribution in [3.8, 4) is 11.8 Å². The summed E-state index contributed by atoms with van der Waals surface area (Å²) < 4.78 is 41.8. The maximum atomic E-state index is 13.1. The molecule has 1 aromatic carbocycles. The highest BCUT2D eigenvalue weighted by molar-refractivity contribution is 8.00. The van der Waals surface area contributed by atoms with E-state index in [4.69, 9.17) is 16.3 Å². The zero-order valence-corrected chi connectivity index (χ0v) is 19.4. The molecule has 3 aliphatic rings. The smallest absolute Gasteiger partial charge is 0.422 e. The predicted molar refractivity (Wildman–Crippen MR) is 116 cm³/mol. The lowest BCUT2D eigenvalue weighted by Crippen LogP contribution is -2.50. The van der Waals surface area contributed by atoms with Crippen molar-refractivity contribution in [2.45, 2.75) is 66.9 Å². The van der Waals surface area contributed by atoms with E-state index in [1.165, 1.54) is 23.9 Å². The van der Waals surface area contributed by atoms with Crippen molar-refractivity contribution < 1.29 is 27.5 Å². The highest BCUT2D eigenvalue weighted by atomic mass is 35.5. The topological polar surface area (TPSA) is 82.4 Å². The fourth-order valence-corrected chi connectivity index (χ4v) is 5.32. The summed E-state index contributed by atoms with van der Waals surface area (Å²) in [5.41, 5.74) is -1.27. The van der Waals surface area contributed by atoms with Gasteiger partial charge < -0.3 is 15.0 Å². The zero-order chi connectivity index (χ0) is 24.0. The summed E-state index contributed by atoms with van der Waals surface area (Å²) in [6.45, 7) is 0.827. The van der Waals surface area contributed by atoms with Gasteiger partial charge in [0.15, 0.2) is 6.61 Å². The Kier molecular flexibility index (Phi) is 6.25. The third kappa shape index (κ3) is 5.52. The lowest BCUT2D eigenvalue weighted by atomic mass is 10.1. The molecule has 1 N–H and O–H groups in total. The van der Waals surface area contributed by atoms with E-state index in [1.54, 1.807) is 11.0 Å². The van der Waals surface area contributed by atoms with Crippen LogP contribution in [0.3, 0.4) is 0 Å². The molecule has 178 valence electrons. The monoisotopic (exact) mass is 501 g/mol. The molecule has 1 aromatic rings. The first-order valence-electron chi connectivity index (χ1n) is 10.6. The second kappa shape index (κ2) is 8.58.